The second-order valence-corrected chi connectivity index (χ2v) is 15.1. The normalized spacial score (nSPS) is 15.2. The third-order valence-corrected chi connectivity index (χ3v) is 14.0. The summed E-state index contributed by atoms with van der Waals surface area (Å²) < 4.78 is 19.4. The molecule has 0 aliphatic carbocycles. The molecule has 0 saturated carbocycles. The molecule has 0 spiro atoms. The van der Waals surface area contributed by atoms with Crippen LogP contribution in [0.2, 0.25) is 16.6 Å². The molecular formula is C22H36Br2O3Si. The highest BCUT2D eigenvalue weighted by atomic mass is 79.9. The van der Waals surface area contributed by atoms with Gasteiger partial charge in [-0.1, -0.05) is 73.4 Å². The van der Waals surface area contributed by atoms with Crippen molar-refractivity contribution in [2.75, 3.05) is 13.7 Å². The molecule has 0 unspecified atom stereocenters. The number of hydrogen-bond donors (Lipinski definition) is 0. The summed E-state index contributed by atoms with van der Waals surface area (Å²) in [7, 11) is -0.384. The Bertz CT molecular complexity index is 607. The molecule has 0 N–H and O–H groups in total. The zero-order chi connectivity index (χ0) is 21.5. The van der Waals surface area contributed by atoms with Gasteiger partial charge in [0.2, 0.25) is 8.32 Å². The van der Waals surface area contributed by atoms with Crippen molar-refractivity contribution < 1.29 is 13.9 Å². The molecule has 0 heterocycles. The molecule has 3 nitrogen and oxygen atoms in total. The summed E-state index contributed by atoms with van der Waals surface area (Å²) in [4.78, 5) is 1.92. The smallest absolute Gasteiger partial charge is 0.201 e. The summed E-state index contributed by atoms with van der Waals surface area (Å²) in [5.41, 5.74) is 1.11. The molecule has 1 aromatic carbocycles. The summed E-state index contributed by atoms with van der Waals surface area (Å²) in [6.07, 6.45) is 0.753. The molecule has 1 rings (SSSR count). The topological polar surface area (TPSA) is 27.7 Å². The van der Waals surface area contributed by atoms with Crippen molar-refractivity contribution in [1.29, 1.82) is 0 Å². The number of rotatable bonds is 11. The molecule has 0 amide bonds. The fourth-order valence-corrected chi connectivity index (χ4v) is 10.7. The highest BCUT2D eigenvalue weighted by Crippen LogP contribution is 2.47. The molecule has 1 atom stereocenters. The van der Waals surface area contributed by atoms with Crippen LogP contribution in [0.5, 0.6) is 11.5 Å². The maximum atomic E-state index is 7.13. The van der Waals surface area contributed by atoms with Crippen molar-refractivity contribution in [1.82, 2.24) is 0 Å². The number of methoxy groups -OCH3 is 1. The van der Waals surface area contributed by atoms with Gasteiger partial charge in [0.1, 0.15) is 11.5 Å². The van der Waals surface area contributed by atoms with E-state index in [0.717, 1.165) is 22.4 Å². The first-order valence-corrected chi connectivity index (χ1v) is 13.8. The Morgan fingerprint density at radius 1 is 1.00 bits per heavy atom. The fourth-order valence-electron chi connectivity index (χ4n) is 4.11. The summed E-state index contributed by atoms with van der Waals surface area (Å²) in [6.45, 7) is 16.6. The van der Waals surface area contributed by atoms with E-state index in [9.17, 15) is 0 Å². The number of hydrogen-bond acceptors (Lipinski definition) is 3. The van der Waals surface area contributed by atoms with Gasteiger partial charge in [-0.15, -0.1) is 0 Å². The van der Waals surface area contributed by atoms with E-state index >= 15 is 0 Å². The van der Waals surface area contributed by atoms with Crippen molar-refractivity contribution in [2.45, 2.75) is 77.1 Å². The van der Waals surface area contributed by atoms with Crippen molar-refractivity contribution in [3.8, 4) is 11.5 Å². The Balaban J connectivity index is 3.03. The largest absolute Gasteiger partial charge is 0.497 e. The van der Waals surface area contributed by atoms with E-state index in [2.05, 4.69) is 80.3 Å². The van der Waals surface area contributed by atoms with Crippen LogP contribution >= 0.6 is 31.9 Å². The Kier molecular flexibility index (Phi) is 10.3. The summed E-state index contributed by atoms with van der Waals surface area (Å²) in [6, 6.07) is 7.69. The maximum Gasteiger partial charge on any atom is 0.201 e. The van der Waals surface area contributed by atoms with E-state index in [0.29, 0.717) is 23.2 Å². The molecule has 1 aromatic rings. The zero-order valence-corrected chi connectivity index (χ0v) is 22.7. The van der Waals surface area contributed by atoms with E-state index in [1.54, 1.807) is 7.11 Å². The average Bonchev–Trinajstić information content (AvgIpc) is 2.65. The van der Waals surface area contributed by atoms with Gasteiger partial charge in [-0.25, -0.2) is 0 Å². The van der Waals surface area contributed by atoms with Gasteiger partial charge in [0, 0.05) is 10.9 Å². The third kappa shape index (κ3) is 6.10. The highest BCUT2D eigenvalue weighted by molar-refractivity contribution is 9.14. The van der Waals surface area contributed by atoms with E-state index in [1.807, 2.05) is 29.3 Å². The van der Waals surface area contributed by atoms with Crippen molar-refractivity contribution in [2.24, 2.45) is 0 Å². The van der Waals surface area contributed by atoms with E-state index in [1.165, 1.54) is 0 Å². The summed E-state index contributed by atoms with van der Waals surface area (Å²) in [5, 5.41) is 0. The monoisotopic (exact) mass is 534 g/mol. The van der Waals surface area contributed by atoms with Crippen LogP contribution in [0.25, 0.3) is 0 Å². The van der Waals surface area contributed by atoms with Gasteiger partial charge in [-0.05, 0) is 52.8 Å². The SMILES string of the molecule is COc1ccc(OCC[C@@](C)(O[Si](C(C)C)(C(C)C)C(C)C)/C(Br)=C\Br)cc1. The molecule has 0 bridgehead atoms. The lowest BCUT2D eigenvalue weighted by molar-refractivity contribution is 0.0855. The molecule has 0 aliphatic rings. The van der Waals surface area contributed by atoms with E-state index in [4.69, 9.17) is 13.9 Å². The molecule has 0 fully saturated rings. The molecule has 0 aliphatic heterocycles. The molecule has 160 valence electrons. The molecule has 0 aromatic heterocycles. The standard InChI is InChI=1S/C22H36Br2O3Si/c1-16(2)28(17(3)4,18(5)6)27-22(7,21(24)15-23)13-14-26-20-11-9-19(25-8)10-12-20/h9-12,15-18H,13-14H2,1-8H3/b21-15+/t22-/m1/s1. The van der Waals surface area contributed by atoms with Gasteiger partial charge in [0.25, 0.3) is 0 Å². The van der Waals surface area contributed by atoms with Crippen molar-refractivity contribution in [3.05, 3.63) is 33.7 Å². The molecule has 6 heteroatoms. The molecule has 0 saturated heterocycles. The lowest BCUT2D eigenvalue weighted by Gasteiger charge is -2.48. The van der Waals surface area contributed by atoms with Crippen LogP contribution in [0.4, 0.5) is 0 Å². The minimum Gasteiger partial charge on any atom is -0.497 e. The Hall–Kier alpha value is -0.303. The average molecular weight is 536 g/mol. The van der Waals surface area contributed by atoms with Gasteiger partial charge in [0.15, 0.2) is 0 Å². The van der Waals surface area contributed by atoms with Gasteiger partial charge in [0.05, 0.1) is 19.3 Å². The summed E-state index contributed by atoms with van der Waals surface area (Å²) in [5.74, 6) is 1.66. The minimum absolute atomic E-state index is 0.443. The minimum atomic E-state index is -2.05. The van der Waals surface area contributed by atoms with Crippen LogP contribution in [0.1, 0.15) is 54.9 Å². The van der Waals surface area contributed by atoms with Crippen LogP contribution in [0, 0.1) is 0 Å². The van der Waals surface area contributed by atoms with Gasteiger partial charge < -0.3 is 13.9 Å². The number of ether oxygens (including phenoxy) is 2. The third-order valence-electron chi connectivity index (χ3n) is 5.62. The summed E-state index contributed by atoms with van der Waals surface area (Å²) >= 11 is 7.24. The van der Waals surface area contributed by atoms with Crippen molar-refractivity contribution in [3.63, 3.8) is 0 Å². The van der Waals surface area contributed by atoms with Crippen LogP contribution in [0.3, 0.4) is 0 Å². The molecular weight excluding hydrogens is 500 g/mol. The second-order valence-electron chi connectivity index (χ2n) is 8.38. The lowest BCUT2D eigenvalue weighted by atomic mass is 10.0. The molecule has 0 radical (unpaired) electrons. The Morgan fingerprint density at radius 2 is 1.46 bits per heavy atom. The quantitative estimate of drug-likeness (QED) is 0.268. The van der Waals surface area contributed by atoms with Crippen LogP contribution < -0.4 is 9.47 Å². The van der Waals surface area contributed by atoms with Crippen LogP contribution in [-0.2, 0) is 4.43 Å². The maximum absolute atomic E-state index is 7.13. The highest BCUT2D eigenvalue weighted by Gasteiger charge is 2.50. The Labute approximate surface area is 189 Å². The van der Waals surface area contributed by atoms with E-state index < -0.39 is 13.9 Å². The fraction of sp³-hybridized carbons (Fsp3) is 0.636. The number of halogens is 2. The first-order valence-electron chi connectivity index (χ1n) is 9.96. The van der Waals surface area contributed by atoms with E-state index in [-0.39, 0.29) is 0 Å². The predicted molar refractivity (Wildman–Crippen MR) is 130 cm³/mol. The van der Waals surface area contributed by atoms with Gasteiger partial charge >= 0.3 is 0 Å². The lowest BCUT2D eigenvalue weighted by Crippen LogP contribution is -2.54. The second kappa shape index (κ2) is 11.2. The first kappa shape index (κ1) is 25.7. The predicted octanol–water partition coefficient (Wildman–Crippen LogP) is 8.05. The molecule has 28 heavy (non-hydrogen) atoms. The first-order chi connectivity index (χ1) is 13.0. The Morgan fingerprint density at radius 3 is 1.86 bits per heavy atom. The van der Waals surface area contributed by atoms with Gasteiger partial charge in [-0.3, -0.25) is 0 Å². The van der Waals surface area contributed by atoms with Crippen LogP contribution in [0.15, 0.2) is 33.7 Å². The number of benzene rings is 1. The van der Waals surface area contributed by atoms with Gasteiger partial charge in [-0.2, -0.15) is 0 Å². The zero-order valence-electron chi connectivity index (χ0n) is 18.5. The van der Waals surface area contributed by atoms with Crippen molar-refractivity contribution >= 4 is 40.2 Å². The van der Waals surface area contributed by atoms with Crippen LogP contribution in [-0.4, -0.2) is 27.6 Å².